The summed E-state index contributed by atoms with van der Waals surface area (Å²) in [7, 11) is 0. The molecule has 1 aliphatic carbocycles. The van der Waals surface area contributed by atoms with Crippen LogP contribution in [0.4, 0.5) is 0 Å². The van der Waals surface area contributed by atoms with Gasteiger partial charge in [0.15, 0.2) is 0 Å². The molecule has 0 unspecified atom stereocenters. The lowest BCUT2D eigenvalue weighted by Gasteiger charge is -2.39. The topological polar surface area (TPSA) is 12.0 Å². The van der Waals surface area contributed by atoms with E-state index in [2.05, 4.69) is 56.4 Å². The van der Waals surface area contributed by atoms with Crippen molar-refractivity contribution >= 4 is 11.8 Å². The highest BCUT2D eigenvalue weighted by molar-refractivity contribution is 7.99. The minimum atomic E-state index is 0.536. The molecule has 0 saturated heterocycles. The third kappa shape index (κ3) is 5.34. The van der Waals surface area contributed by atoms with Crippen molar-refractivity contribution in [3.05, 3.63) is 30.3 Å². The monoisotopic (exact) mass is 305 g/mol. The summed E-state index contributed by atoms with van der Waals surface area (Å²) in [5.74, 6) is 2.10. The van der Waals surface area contributed by atoms with E-state index in [1.54, 1.807) is 0 Å². The molecule has 1 aromatic carbocycles. The maximum Gasteiger partial charge on any atom is 0.0106 e. The Morgan fingerprint density at radius 2 is 1.76 bits per heavy atom. The third-order valence-corrected chi connectivity index (χ3v) is 6.30. The average Bonchev–Trinajstić information content (AvgIpc) is 2.53. The number of nitrogens with one attached hydrogen (secondary N) is 1. The Morgan fingerprint density at radius 3 is 2.38 bits per heavy atom. The molecule has 0 heterocycles. The molecule has 0 amide bonds. The van der Waals surface area contributed by atoms with Gasteiger partial charge in [-0.1, -0.05) is 45.4 Å². The first-order valence-corrected chi connectivity index (χ1v) is 9.51. The second kappa shape index (κ2) is 8.24. The standard InChI is InChI=1S/C19H31NS/c1-4-19(2,3)16-10-12-17(13-11-16)20-14-15-21-18-8-6-5-7-9-18/h5-9,16-17,20H,4,10-15H2,1-3H3. The number of benzene rings is 1. The van der Waals surface area contributed by atoms with Crippen molar-refractivity contribution in [2.75, 3.05) is 12.3 Å². The lowest BCUT2D eigenvalue weighted by Crippen LogP contribution is -2.37. The van der Waals surface area contributed by atoms with Crippen LogP contribution in [-0.2, 0) is 0 Å². The normalized spacial score (nSPS) is 23.2. The SMILES string of the molecule is CCC(C)(C)C1CCC(NCCSc2ccccc2)CC1. The van der Waals surface area contributed by atoms with E-state index < -0.39 is 0 Å². The molecule has 21 heavy (non-hydrogen) atoms. The van der Waals surface area contributed by atoms with E-state index in [1.807, 2.05) is 11.8 Å². The number of thioether (sulfide) groups is 1. The second-order valence-corrected chi connectivity index (χ2v) is 8.17. The van der Waals surface area contributed by atoms with Crippen molar-refractivity contribution in [1.29, 1.82) is 0 Å². The van der Waals surface area contributed by atoms with Gasteiger partial charge in [0.1, 0.15) is 0 Å². The molecule has 0 bridgehead atoms. The fraction of sp³-hybridized carbons (Fsp3) is 0.684. The molecule has 0 radical (unpaired) electrons. The summed E-state index contributed by atoms with van der Waals surface area (Å²) in [6.45, 7) is 8.36. The van der Waals surface area contributed by atoms with E-state index in [9.17, 15) is 0 Å². The van der Waals surface area contributed by atoms with Crippen LogP contribution in [0.2, 0.25) is 0 Å². The van der Waals surface area contributed by atoms with Crippen molar-refractivity contribution in [3.8, 4) is 0 Å². The van der Waals surface area contributed by atoms with Gasteiger partial charge in [-0.05, 0) is 49.1 Å². The highest BCUT2D eigenvalue weighted by Crippen LogP contribution is 2.40. The average molecular weight is 306 g/mol. The molecule has 2 heteroatoms. The lowest BCUT2D eigenvalue weighted by atomic mass is 9.69. The molecule has 0 atom stereocenters. The molecule has 1 nitrogen and oxygen atoms in total. The van der Waals surface area contributed by atoms with Gasteiger partial charge in [-0.15, -0.1) is 11.8 Å². The van der Waals surface area contributed by atoms with Crippen molar-refractivity contribution in [3.63, 3.8) is 0 Å². The Morgan fingerprint density at radius 1 is 1.10 bits per heavy atom. The summed E-state index contributed by atoms with van der Waals surface area (Å²) in [5, 5.41) is 3.76. The molecule has 118 valence electrons. The molecule has 0 aliphatic heterocycles. The van der Waals surface area contributed by atoms with Gasteiger partial charge in [-0.3, -0.25) is 0 Å². The molecule has 1 aromatic rings. The molecule has 1 saturated carbocycles. The zero-order valence-corrected chi connectivity index (χ0v) is 14.7. The smallest absolute Gasteiger partial charge is 0.0106 e. The van der Waals surface area contributed by atoms with Gasteiger partial charge in [0.2, 0.25) is 0 Å². The predicted molar refractivity (Wildman–Crippen MR) is 95.0 cm³/mol. The number of rotatable bonds is 7. The van der Waals surface area contributed by atoms with Gasteiger partial charge < -0.3 is 5.32 Å². The van der Waals surface area contributed by atoms with E-state index in [0.29, 0.717) is 5.41 Å². The summed E-state index contributed by atoms with van der Waals surface area (Å²) in [4.78, 5) is 1.38. The van der Waals surface area contributed by atoms with Crippen molar-refractivity contribution in [2.45, 2.75) is 63.8 Å². The van der Waals surface area contributed by atoms with E-state index in [0.717, 1.165) is 18.5 Å². The maximum absolute atomic E-state index is 3.76. The zero-order valence-electron chi connectivity index (χ0n) is 13.9. The molecule has 1 aliphatic rings. The first kappa shape index (κ1) is 16.9. The Hall–Kier alpha value is -0.470. The van der Waals surface area contributed by atoms with Crippen LogP contribution in [0.1, 0.15) is 52.9 Å². The van der Waals surface area contributed by atoms with E-state index in [1.165, 1.54) is 42.8 Å². The fourth-order valence-corrected chi connectivity index (χ4v) is 4.12. The maximum atomic E-state index is 3.76. The van der Waals surface area contributed by atoms with Crippen LogP contribution in [0.5, 0.6) is 0 Å². The van der Waals surface area contributed by atoms with Crippen LogP contribution in [-0.4, -0.2) is 18.3 Å². The molecular formula is C19H31NS. The van der Waals surface area contributed by atoms with Crippen molar-refractivity contribution in [1.82, 2.24) is 5.32 Å². The predicted octanol–water partition coefficient (Wildman–Crippen LogP) is 5.36. The van der Waals surface area contributed by atoms with Gasteiger partial charge in [-0.2, -0.15) is 0 Å². The summed E-state index contributed by atoms with van der Waals surface area (Å²) in [6, 6.07) is 11.5. The quantitative estimate of drug-likeness (QED) is 0.537. The molecule has 2 rings (SSSR count). The van der Waals surface area contributed by atoms with Gasteiger partial charge >= 0.3 is 0 Å². The van der Waals surface area contributed by atoms with Gasteiger partial charge in [0.25, 0.3) is 0 Å². The van der Waals surface area contributed by atoms with Crippen LogP contribution >= 0.6 is 11.8 Å². The van der Waals surface area contributed by atoms with Gasteiger partial charge in [-0.25, -0.2) is 0 Å². The Kier molecular flexibility index (Phi) is 6.63. The van der Waals surface area contributed by atoms with Gasteiger partial charge in [0.05, 0.1) is 0 Å². The Labute approximate surface area is 135 Å². The first-order valence-electron chi connectivity index (χ1n) is 8.53. The number of hydrogen-bond acceptors (Lipinski definition) is 2. The number of hydrogen-bond donors (Lipinski definition) is 1. The van der Waals surface area contributed by atoms with E-state index >= 15 is 0 Å². The molecule has 1 fully saturated rings. The zero-order chi connectivity index (χ0) is 15.1. The van der Waals surface area contributed by atoms with Crippen LogP contribution in [0.3, 0.4) is 0 Å². The molecule has 1 N–H and O–H groups in total. The highest BCUT2D eigenvalue weighted by Gasteiger charge is 2.31. The molecule has 0 spiro atoms. The fourth-order valence-electron chi connectivity index (χ4n) is 3.32. The first-order chi connectivity index (χ1) is 10.1. The van der Waals surface area contributed by atoms with E-state index in [4.69, 9.17) is 0 Å². The molecule has 0 aromatic heterocycles. The highest BCUT2D eigenvalue weighted by atomic mass is 32.2. The van der Waals surface area contributed by atoms with Crippen LogP contribution in [0.15, 0.2) is 35.2 Å². The Bertz CT molecular complexity index is 393. The van der Waals surface area contributed by atoms with E-state index in [-0.39, 0.29) is 0 Å². The Balaban J connectivity index is 1.61. The minimum absolute atomic E-state index is 0.536. The van der Waals surface area contributed by atoms with Gasteiger partial charge in [0, 0.05) is 23.2 Å². The lowest BCUT2D eigenvalue weighted by molar-refractivity contribution is 0.137. The van der Waals surface area contributed by atoms with Crippen molar-refractivity contribution < 1.29 is 0 Å². The summed E-state index contributed by atoms with van der Waals surface area (Å²) < 4.78 is 0. The van der Waals surface area contributed by atoms with Crippen molar-refractivity contribution in [2.24, 2.45) is 11.3 Å². The summed E-state index contributed by atoms with van der Waals surface area (Å²) >= 11 is 1.95. The van der Waals surface area contributed by atoms with Crippen LogP contribution in [0, 0.1) is 11.3 Å². The second-order valence-electron chi connectivity index (χ2n) is 7.01. The van der Waals surface area contributed by atoms with Crippen LogP contribution < -0.4 is 5.32 Å². The minimum Gasteiger partial charge on any atom is -0.313 e. The van der Waals surface area contributed by atoms with Crippen LogP contribution in [0.25, 0.3) is 0 Å². The summed E-state index contributed by atoms with van der Waals surface area (Å²) in [5.41, 5.74) is 0.536. The third-order valence-electron chi connectivity index (χ3n) is 5.29. The summed E-state index contributed by atoms with van der Waals surface area (Å²) in [6.07, 6.45) is 6.85. The largest absolute Gasteiger partial charge is 0.313 e. The molecular weight excluding hydrogens is 274 g/mol.